The Morgan fingerprint density at radius 3 is 2.84 bits per heavy atom. The summed E-state index contributed by atoms with van der Waals surface area (Å²) in [5, 5.41) is 0.911. The molecular formula is C13H13ClN2OS2. The van der Waals surface area contributed by atoms with Crippen molar-refractivity contribution in [2.45, 2.75) is 25.3 Å². The highest BCUT2D eigenvalue weighted by Gasteiger charge is 2.30. The molecule has 2 aromatic heterocycles. The van der Waals surface area contributed by atoms with Crippen LogP contribution in [0.15, 0.2) is 12.1 Å². The molecule has 3 rings (SSSR count). The van der Waals surface area contributed by atoms with Gasteiger partial charge in [-0.25, -0.2) is 4.98 Å². The Morgan fingerprint density at radius 1 is 1.47 bits per heavy atom. The third-order valence-electron chi connectivity index (χ3n) is 3.09. The first-order chi connectivity index (χ1) is 9.17. The molecule has 0 amide bonds. The summed E-state index contributed by atoms with van der Waals surface area (Å²) >= 11 is 8.99. The van der Waals surface area contributed by atoms with Gasteiger partial charge in [0.15, 0.2) is 11.4 Å². The number of carbonyl (C=O) groups excluding carboxylic acids is 1. The Balaban J connectivity index is 1.79. The maximum atomic E-state index is 11.1. The van der Waals surface area contributed by atoms with Crippen molar-refractivity contribution < 1.29 is 4.79 Å². The van der Waals surface area contributed by atoms with Crippen molar-refractivity contribution in [3.05, 3.63) is 31.9 Å². The summed E-state index contributed by atoms with van der Waals surface area (Å²) in [6.07, 6.45) is 3.26. The third-order valence-corrected chi connectivity index (χ3v) is 5.42. The number of hydrogen-bond acceptors (Lipinski definition) is 5. The van der Waals surface area contributed by atoms with Crippen LogP contribution in [0.1, 0.15) is 39.0 Å². The van der Waals surface area contributed by atoms with Crippen molar-refractivity contribution in [1.29, 1.82) is 0 Å². The standard InChI is InChI=1S/C13H13ClN2OS2/c1-16(6-9-4-5-11(14)18-9)13-15-12(8-2-3-8)10(7-17)19-13/h4-5,7-8H,2-3,6H2,1H3. The minimum atomic E-state index is 0.509. The topological polar surface area (TPSA) is 33.2 Å². The van der Waals surface area contributed by atoms with Gasteiger partial charge in [-0.2, -0.15) is 0 Å². The average molecular weight is 313 g/mol. The minimum Gasteiger partial charge on any atom is -0.346 e. The number of thiazole rings is 1. The number of hydrogen-bond donors (Lipinski definition) is 0. The number of halogens is 1. The summed E-state index contributed by atoms with van der Waals surface area (Å²) in [6.45, 7) is 0.771. The summed E-state index contributed by atoms with van der Waals surface area (Å²) in [4.78, 5) is 19.8. The van der Waals surface area contributed by atoms with Crippen LogP contribution >= 0.6 is 34.3 Å². The number of anilines is 1. The molecular weight excluding hydrogens is 300 g/mol. The zero-order valence-electron chi connectivity index (χ0n) is 10.4. The van der Waals surface area contributed by atoms with Crippen molar-refractivity contribution in [2.24, 2.45) is 0 Å². The van der Waals surface area contributed by atoms with Gasteiger partial charge in [0.1, 0.15) is 0 Å². The fourth-order valence-electron chi connectivity index (χ4n) is 1.97. The van der Waals surface area contributed by atoms with Crippen LogP contribution in [0.3, 0.4) is 0 Å². The van der Waals surface area contributed by atoms with E-state index in [-0.39, 0.29) is 0 Å². The maximum Gasteiger partial charge on any atom is 0.186 e. The number of aldehydes is 1. The molecule has 0 radical (unpaired) electrons. The zero-order valence-corrected chi connectivity index (χ0v) is 12.8. The van der Waals surface area contributed by atoms with E-state index in [9.17, 15) is 4.79 Å². The van der Waals surface area contributed by atoms with E-state index in [1.54, 1.807) is 11.3 Å². The second-order valence-corrected chi connectivity index (χ2v) is 7.51. The molecule has 0 unspecified atom stereocenters. The summed E-state index contributed by atoms with van der Waals surface area (Å²) in [6, 6.07) is 3.93. The monoisotopic (exact) mass is 312 g/mol. The van der Waals surface area contributed by atoms with Gasteiger partial charge in [-0.3, -0.25) is 4.79 Å². The van der Waals surface area contributed by atoms with Crippen molar-refractivity contribution in [2.75, 3.05) is 11.9 Å². The predicted octanol–water partition coefficient (Wildman–Crippen LogP) is 4.18. The fourth-order valence-corrected chi connectivity index (χ4v) is 4.03. The summed E-state index contributed by atoms with van der Waals surface area (Å²) in [7, 11) is 2.00. The smallest absolute Gasteiger partial charge is 0.186 e. The lowest BCUT2D eigenvalue weighted by atomic mass is 10.3. The largest absolute Gasteiger partial charge is 0.346 e. The van der Waals surface area contributed by atoms with Gasteiger partial charge in [0.05, 0.1) is 21.5 Å². The fraction of sp³-hybridized carbons (Fsp3) is 0.385. The number of aromatic nitrogens is 1. The SMILES string of the molecule is CN(Cc1ccc(Cl)s1)c1nc(C2CC2)c(C=O)s1. The minimum absolute atomic E-state index is 0.509. The van der Waals surface area contributed by atoms with Crippen LogP contribution in [0.4, 0.5) is 5.13 Å². The van der Waals surface area contributed by atoms with Crippen LogP contribution in [-0.2, 0) is 6.54 Å². The van der Waals surface area contributed by atoms with Gasteiger partial charge < -0.3 is 4.90 Å². The van der Waals surface area contributed by atoms with Crippen LogP contribution < -0.4 is 4.90 Å². The first-order valence-corrected chi connectivity index (χ1v) is 8.09. The lowest BCUT2D eigenvalue weighted by molar-refractivity contribution is 0.112. The molecule has 3 nitrogen and oxygen atoms in total. The highest BCUT2D eigenvalue weighted by atomic mass is 35.5. The molecule has 0 bridgehead atoms. The van der Waals surface area contributed by atoms with Gasteiger partial charge in [0.25, 0.3) is 0 Å². The number of thiophene rings is 1. The molecule has 0 atom stereocenters. The van der Waals surface area contributed by atoms with Gasteiger partial charge in [-0.05, 0) is 25.0 Å². The summed E-state index contributed by atoms with van der Waals surface area (Å²) < 4.78 is 0.801. The van der Waals surface area contributed by atoms with Crippen molar-refractivity contribution in [3.63, 3.8) is 0 Å². The van der Waals surface area contributed by atoms with Gasteiger partial charge in [-0.15, -0.1) is 11.3 Å². The molecule has 1 fully saturated rings. The van der Waals surface area contributed by atoms with E-state index in [2.05, 4.69) is 9.88 Å². The molecule has 1 saturated carbocycles. The van der Waals surface area contributed by atoms with E-state index in [4.69, 9.17) is 11.6 Å². The zero-order chi connectivity index (χ0) is 13.4. The number of rotatable bonds is 5. The molecule has 1 aliphatic rings. The van der Waals surface area contributed by atoms with Crippen LogP contribution in [0.2, 0.25) is 4.34 Å². The average Bonchev–Trinajstić information content (AvgIpc) is 3.01. The van der Waals surface area contributed by atoms with E-state index in [1.807, 2.05) is 19.2 Å². The van der Waals surface area contributed by atoms with Gasteiger partial charge >= 0.3 is 0 Å². The highest BCUT2D eigenvalue weighted by Crippen LogP contribution is 2.43. The first kappa shape index (κ1) is 13.1. The molecule has 0 aromatic carbocycles. The van der Waals surface area contributed by atoms with Crippen molar-refractivity contribution >= 4 is 45.7 Å². The molecule has 19 heavy (non-hydrogen) atoms. The first-order valence-electron chi connectivity index (χ1n) is 6.08. The Labute approximate surface area is 124 Å². The van der Waals surface area contributed by atoms with E-state index in [0.29, 0.717) is 5.92 Å². The Bertz CT molecular complexity index is 604. The Hall–Kier alpha value is -0.910. The number of carbonyl (C=O) groups is 1. The predicted molar refractivity (Wildman–Crippen MR) is 80.9 cm³/mol. The Morgan fingerprint density at radius 2 is 2.26 bits per heavy atom. The molecule has 0 aliphatic heterocycles. The quantitative estimate of drug-likeness (QED) is 0.776. The van der Waals surface area contributed by atoms with Crippen LogP contribution in [0.25, 0.3) is 0 Å². The lowest BCUT2D eigenvalue weighted by Gasteiger charge is -2.13. The van der Waals surface area contributed by atoms with Crippen LogP contribution in [0.5, 0.6) is 0 Å². The van der Waals surface area contributed by atoms with E-state index >= 15 is 0 Å². The lowest BCUT2D eigenvalue weighted by Crippen LogP contribution is -2.15. The van der Waals surface area contributed by atoms with E-state index < -0.39 is 0 Å². The van der Waals surface area contributed by atoms with Crippen LogP contribution in [0, 0.1) is 0 Å². The number of nitrogens with zero attached hydrogens (tertiary/aromatic N) is 2. The van der Waals surface area contributed by atoms with E-state index in [0.717, 1.165) is 45.7 Å². The normalized spacial score (nSPS) is 14.6. The molecule has 1 aliphatic carbocycles. The summed E-state index contributed by atoms with van der Waals surface area (Å²) in [5.74, 6) is 0.509. The molecule has 6 heteroatoms. The molecule has 0 N–H and O–H groups in total. The maximum absolute atomic E-state index is 11.1. The summed E-state index contributed by atoms with van der Waals surface area (Å²) in [5.41, 5.74) is 0.992. The van der Waals surface area contributed by atoms with Crippen molar-refractivity contribution in [3.8, 4) is 0 Å². The second kappa shape index (κ2) is 5.23. The van der Waals surface area contributed by atoms with Gasteiger partial charge in [0.2, 0.25) is 0 Å². The molecule has 2 aromatic rings. The highest BCUT2D eigenvalue weighted by molar-refractivity contribution is 7.17. The molecule has 0 saturated heterocycles. The van der Waals surface area contributed by atoms with Gasteiger partial charge in [0, 0.05) is 17.8 Å². The third kappa shape index (κ3) is 2.83. The molecule has 2 heterocycles. The van der Waals surface area contributed by atoms with Gasteiger partial charge in [-0.1, -0.05) is 22.9 Å². The van der Waals surface area contributed by atoms with E-state index in [1.165, 1.54) is 16.2 Å². The van der Waals surface area contributed by atoms with Crippen molar-refractivity contribution in [1.82, 2.24) is 4.98 Å². The molecule has 100 valence electrons. The molecule has 0 spiro atoms. The second-order valence-electron chi connectivity index (χ2n) is 4.70. The Kier molecular flexibility index (Phi) is 3.60. The van der Waals surface area contributed by atoms with Crippen LogP contribution in [-0.4, -0.2) is 18.3 Å².